The van der Waals surface area contributed by atoms with Crippen LogP contribution in [0.5, 0.6) is 5.75 Å². The van der Waals surface area contributed by atoms with Crippen molar-refractivity contribution in [2.45, 2.75) is 76.2 Å². The van der Waals surface area contributed by atoms with Crippen LogP contribution in [-0.2, 0) is 17.4 Å². The number of hydrogen-bond donors (Lipinski definition) is 4. The molecule has 4 N–H and O–H groups in total. The Labute approximate surface area is 238 Å². The molecule has 3 aromatic rings. The Kier molecular flexibility index (Phi) is 9.82. The standard InChI is InChI=1S/C29H38ClN5O3S/c1-17(2)38-26-14-22(20-9-11-31-12-10-20)19(5)13-25(26)34-29-32-15-23(30)28(35-29)33-24-8-6-7-21(16-36)27(24)39(37)18(3)4/h6-8,13-15,17-18,20,31,36H,9-12,16H2,1-5H3,(H2,32,33,34,35). The van der Waals surface area contributed by atoms with Crippen molar-refractivity contribution in [3.05, 3.63) is 58.2 Å². The van der Waals surface area contributed by atoms with Crippen molar-refractivity contribution < 1.29 is 14.1 Å². The fraction of sp³-hybridized carbons (Fsp3) is 0.448. The van der Waals surface area contributed by atoms with Gasteiger partial charge in [-0.2, -0.15) is 4.98 Å². The minimum absolute atomic E-state index is 0.00320. The Bertz CT molecular complexity index is 1330. The summed E-state index contributed by atoms with van der Waals surface area (Å²) in [5, 5.41) is 20.0. The number of piperidine rings is 1. The van der Waals surface area contributed by atoms with E-state index in [1.165, 1.54) is 17.3 Å². The highest BCUT2D eigenvalue weighted by Crippen LogP contribution is 2.38. The fourth-order valence-corrected chi connectivity index (χ4v) is 6.11. The molecule has 0 amide bonds. The Morgan fingerprint density at radius 1 is 1.15 bits per heavy atom. The zero-order valence-corrected chi connectivity index (χ0v) is 24.7. The first kappa shape index (κ1) is 29.3. The molecule has 1 fully saturated rings. The lowest BCUT2D eigenvalue weighted by Gasteiger charge is -2.26. The molecule has 2 aromatic carbocycles. The van der Waals surface area contributed by atoms with Crippen LogP contribution < -0.4 is 20.7 Å². The van der Waals surface area contributed by atoms with E-state index < -0.39 is 10.8 Å². The summed E-state index contributed by atoms with van der Waals surface area (Å²) in [5.74, 6) is 1.95. The van der Waals surface area contributed by atoms with Crippen LogP contribution in [0.25, 0.3) is 0 Å². The second-order valence-electron chi connectivity index (χ2n) is 10.3. The van der Waals surface area contributed by atoms with E-state index >= 15 is 0 Å². The predicted molar refractivity (Wildman–Crippen MR) is 159 cm³/mol. The van der Waals surface area contributed by atoms with Crippen molar-refractivity contribution in [2.75, 3.05) is 23.7 Å². The highest BCUT2D eigenvalue weighted by atomic mass is 35.5. The van der Waals surface area contributed by atoms with Crippen LogP contribution in [0.15, 0.2) is 41.4 Å². The molecule has 1 saturated heterocycles. The summed E-state index contributed by atoms with van der Waals surface area (Å²) in [7, 11) is -1.34. The van der Waals surface area contributed by atoms with Gasteiger partial charge in [-0.1, -0.05) is 37.6 Å². The van der Waals surface area contributed by atoms with Gasteiger partial charge >= 0.3 is 0 Å². The number of anilines is 4. The predicted octanol–water partition coefficient (Wildman–Crippen LogP) is 6.19. The van der Waals surface area contributed by atoms with Crippen molar-refractivity contribution in [3.63, 3.8) is 0 Å². The summed E-state index contributed by atoms with van der Waals surface area (Å²) in [6.45, 7) is 11.7. The zero-order chi connectivity index (χ0) is 28.1. The van der Waals surface area contributed by atoms with E-state index in [-0.39, 0.29) is 18.0 Å². The third kappa shape index (κ3) is 7.08. The molecule has 8 nitrogen and oxygen atoms in total. The van der Waals surface area contributed by atoms with E-state index in [4.69, 9.17) is 16.3 Å². The van der Waals surface area contributed by atoms with Gasteiger partial charge in [0.25, 0.3) is 0 Å². The van der Waals surface area contributed by atoms with E-state index in [2.05, 4.69) is 45.0 Å². The number of aryl methyl sites for hydroxylation is 1. The Balaban J connectivity index is 1.67. The quantitative estimate of drug-likeness (QED) is 0.228. The molecule has 0 radical (unpaired) electrons. The number of ether oxygens (including phenoxy) is 1. The smallest absolute Gasteiger partial charge is 0.229 e. The molecule has 2 heterocycles. The van der Waals surface area contributed by atoms with Crippen molar-refractivity contribution in [2.24, 2.45) is 0 Å². The molecule has 1 unspecified atom stereocenters. The molecule has 0 bridgehead atoms. The number of hydrogen-bond acceptors (Lipinski definition) is 8. The second kappa shape index (κ2) is 13.1. The summed E-state index contributed by atoms with van der Waals surface area (Å²) >= 11 is 6.48. The minimum atomic E-state index is -1.34. The van der Waals surface area contributed by atoms with Gasteiger partial charge in [0.2, 0.25) is 5.95 Å². The lowest BCUT2D eigenvalue weighted by molar-refractivity contribution is 0.243. The summed E-state index contributed by atoms with van der Waals surface area (Å²) in [6.07, 6.45) is 3.72. The first-order valence-corrected chi connectivity index (χ1v) is 15.0. The molecule has 1 aliphatic heterocycles. The van der Waals surface area contributed by atoms with Crippen LogP contribution in [0.4, 0.5) is 23.1 Å². The zero-order valence-electron chi connectivity index (χ0n) is 23.2. The maximum atomic E-state index is 13.1. The van der Waals surface area contributed by atoms with Gasteiger partial charge in [0.1, 0.15) is 10.8 Å². The highest BCUT2D eigenvalue weighted by molar-refractivity contribution is 7.85. The van der Waals surface area contributed by atoms with Gasteiger partial charge in [0.05, 0.1) is 46.0 Å². The van der Waals surface area contributed by atoms with Crippen LogP contribution in [0.3, 0.4) is 0 Å². The average molecular weight is 572 g/mol. The normalized spacial score (nSPS) is 15.0. The first-order valence-electron chi connectivity index (χ1n) is 13.4. The van der Waals surface area contributed by atoms with Crippen LogP contribution in [-0.4, -0.2) is 43.7 Å². The Morgan fingerprint density at radius 2 is 1.90 bits per heavy atom. The van der Waals surface area contributed by atoms with Crippen molar-refractivity contribution in [1.82, 2.24) is 15.3 Å². The molecule has 4 rings (SSSR count). The van der Waals surface area contributed by atoms with Crippen LogP contribution in [0, 0.1) is 6.92 Å². The Morgan fingerprint density at radius 3 is 2.56 bits per heavy atom. The number of aromatic nitrogens is 2. The molecular formula is C29H38ClN5O3S. The van der Waals surface area contributed by atoms with Gasteiger partial charge in [-0.15, -0.1) is 0 Å². The summed E-state index contributed by atoms with van der Waals surface area (Å²) in [5.41, 5.74) is 4.44. The maximum Gasteiger partial charge on any atom is 0.229 e. The minimum Gasteiger partial charge on any atom is -0.489 e. The number of halogens is 1. The summed E-state index contributed by atoms with van der Waals surface area (Å²) in [4.78, 5) is 9.57. The fourth-order valence-electron chi connectivity index (χ4n) is 4.77. The van der Waals surface area contributed by atoms with E-state index in [1.807, 2.05) is 27.7 Å². The molecule has 210 valence electrons. The summed E-state index contributed by atoms with van der Waals surface area (Å²) < 4.78 is 19.3. The molecule has 0 spiro atoms. The molecule has 10 heteroatoms. The SMILES string of the molecule is Cc1cc(Nc2ncc(Cl)c(Nc3cccc(CO)c3S(=O)C(C)C)n2)c(OC(C)C)cc1C1CCNCC1. The maximum absolute atomic E-state index is 13.1. The number of nitrogens with zero attached hydrogens (tertiary/aromatic N) is 2. The molecular weight excluding hydrogens is 534 g/mol. The van der Waals surface area contributed by atoms with Gasteiger partial charge in [-0.3, -0.25) is 4.21 Å². The lowest BCUT2D eigenvalue weighted by atomic mass is 9.87. The topological polar surface area (TPSA) is 108 Å². The van der Waals surface area contributed by atoms with E-state index in [9.17, 15) is 9.32 Å². The van der Waals surface area contributed by atoms with Crippen molar-refractivity contribution in [1.29, 1.82) is 0 Å². The van der Waals surface area contributed by atoms with Crippen LogP contribution in [0.1, 0.15) is 63.1 Å². The van der Waals surface area contributed by atoms with Gasteiger partial charge in [0.15, 0.2) is 5.82 Å². The second-order valence-corrected chi connectivity index (χ2v) is 12.7. The summed E-state index contributed by atoms with van der Waals surface area (Å²) in [6, 6.07) is 9.61. The average Bonchev–Trinajstić information content (AvgIpc) is 2.91. The third-order valence-electron chi connectivity index (χ3n) is 6.65. The van der Waals surface area contributed by atoms with Gasteiger partial charge < -0.3 is 25.8 Å². The van der Waals surface area contributed by atoms with Gasteiger partial charge in [0, 0.05) is 5.25 Å². The number of benzene rings is 2. The van der Waals surface area contributed by atoms with Crippen molar-refractivity contribution in [3.8, 4) is 5.75 Å². The van der Waals surface area contributed by atoms with E-state index in [1.54, 1.807) is 18.2 Å². The number of rotatable bonds is 10. The molecule has 1 atom stereocenters. The highest BCUT2D eigenvalue weighted by Gasteiger charge is 2.22. The number of aliphatic hydroxyl groups excluding tert-OH is 1. The Hall–Kier alpha value is -2.72. The van der Waals surface area contributed by atoms with Gasteiger partial charge in [-0.25, -0.2) is 4.98 Å². The third-order valence-corrected chi connectivity index (χ3v) is 8.67. The molecule has 1 aromatic heterocycles. The van der Waals surface area contributed by atoms with Crippen LogP contribution in [0.2, 0.25) is 5.02 Å². The first-order chi connectivity index (χ1) is 18.7. The van der Waals surface area contributed by atoms with E-state index in [0.29, 0.717) is 38.9 Å². The van der Waals surface area contributed by atoms with Crippen LogP contribution >= 0.6 is 11.6 Å². The van der Waals surface area contributed by atoms with Crippen molar-refractivity contribution >= 4 is 45.5 Å². The molecule has 39 heavy (non-hydrogen) atoms. The molecule has 0 aliphatic carbocycles. The molecule has 1 aliphatic rings. The number of nitrogens with one attached hydrogen (secondary N) is 3. The van der Waals surface area contributed by atoms with Gasteiger partial charge in [-0.05, 0) is 87.5 Å². The lowest BCUT2D eigenvalue weighted by Crippen LogP contribution is -2.27. The van der Waals surface area contributed by atoms with E-state index in [0.717, 1.165) is 37.4 Å². The monoisotopic (exact) mass is 571 g/mol. The molecule has 0 saturated carbocycles. The largest absolute Gasteiger partial charge is 0.489 e. The number of aliphatic hydroxyl groups is 1.